The Hall–Kier alpha value is -2.84. The number of fused-ring (bicyclic) bond motifs is 1. The lowest BCUT2D eigenvalue weighted by Crippen LogP contribution is -2.43. The highest BCUT2D eigenvalue weighted by molar-refractivity contribution is 6.31. The molecule has 2 aliphatic carbocycles. The van der Waals surface area contributed by atoms with E-state index in [2.05, 4.69) is 15.5 Å². The Bertz CT molecular complexity index is 1220. The van der Waals surface area contributed by atoms with E-state index in [9.17, 15) is 9.18 Å². The van der Waals surface area contributed by atoms with Crippen molar-refractivity contribution in [1.29, 1.82) is 0 Å². The highest BCUT2D eigenvalue weighted by atomic mass is 35.5. The van der Waals surface area contributed by atoms with Crippen LogP contribution in [0.25, 0.3) is 22.5 Å². The van der Waals surface area contributed by atoms with Gasteiger partial charge in [-0.25, -0.2) is 8.78 Å². The Morgan fingerprint density at radius 3 is 2.71 bits per heavy atom. The van der Waals surface area contributed by atoms with Crippen molar-refractivity contribution in [2.75, 3.05) is 0 Å². The Kier molecular flexibility index (Phi) is 4.60. The predicted molar refractivity (Wildman–Crippen MR) is 110 cm³/mol. The van der Waals surface area contributed by atoms with Crippen molar-refractivity contribution in [3.8, 4) is 22.5 Å². The van der Waals surface area contributed by atoms with Gasteiger partial charge in [0.2, 0.25) is 17.6 Å². The third-order valence-electron chi connectivity index (χ3n) is 5.93. The van der Waals surface area contributed by atoms with Crippen molar-refractivity contribution in [2.24, 2.45) is 5.73 Å². The van der Waals surface area contributed by atoms with Gasteiger partial charge in [-0.05, 0) is 60.6 Å². The Balaban J connectivity index is 1.56. The van der Waals surface area contributed by atoms with Crippen LogP contribution in [0.2, 0.25) is 5.02 Å². The van der Waals surface area contributed by atoms with Crippen LogP contribution in [0, 0.1) is 18.6 Å². The molecule has 5 rings (SSSR count). The zero-order valence-electron chi connectivity index (χ0n) is 16.6. The largest absolute Gasteiger partial charge is 0.348 e. The summed E-state index contributed by atoms with van der Waals surface area (Å²) >= 11 is 6.09. The first-order valence-electron chi connectivity index (χ1n) is 9.97. The average Bonchev–Trinajstić information content (AvgIpc) is 3.12. The molecule has 6 nitrogen and oxygen atoms in total. The molecular weight excluding hydrogens is 426 g/mol. The molecule has 1 amide bonds. The van der Waals surface area contributed by atoms with E-state index in [0.717, 1.165) is 11.6 Å². The summed E-state index contributed by atoms with van der Waals surface area (Å²) in [6.07, 6.45) is 2.41. The molecule has 1 saturated carbocycles. The molecule has 0 spiro atoms. The molecule has 0 radical (unpaired) electrons. The number of nitrogens with zero attached hydrogens (tertiary/aromatic N) is 2. The van der Waals surface area contributed by atoms with Crippen LogP contribution < -0.4 is 11.1 Å². The predicted octanol–water partition coefficient (Wildman–Crippen LogP) is 4.24. The average molecular weight is 445 g/mol. The van der Waals surface area contributed by atoms with Gasteiger partial charge >= 0.3 is 0 Å². The summed E-state index contributed by atoms with van der Waals surface area (Å²) in [5, 5.41) is 6.85. The molecule has 1 aromatic heterocycles. The Morgan fingerprint density at radius 1 is 1.26 bits per heavy atom. The Morgan fingerprint density at radius 2 is 2.03 bits per heavy atom. The normalized spacial score (nSPS) is 18.7. The fourth-order valence-electron chi connectivity index (χ4n) is 4.11. The van der Waals surface area contributed by atoms with Crippen molar-refractivity contribution in [3.05, 3.63) is 57.9 Å². The van der Waals surface area contributed by atoms with E-state index < -0.39 is 23.2 Å². The van der Waals surface area contributed by atoms with Gasteiger partial charge in [0.1, 0.15) is 11.6 Å². The van der Waals surface area contributed by atoms with Crippen molar-refractivity contribution < 1.29 is 18.1 Å². The van der Waals surface area contributed by atoms with Crippen molar-refractivity contribution >= 4 is 17.5 Å². The number of benzene rings is 2. The van der Waals surface area contributed by atoms with Gasteiger partial charge < -0.3 is 15.6 Å². The molecule has 1 atom stereocenters. The van der Waals surface area contributed by atoms with Gasteiger partial charge in [-0.1, -0.05) is 22.8 Å². The summed E-state index contributed by atoms with van der Waals surface area (Å²) in [7, 11) is 0. The SMILES string of the molecule is Cc1nc(-c2c(F)cc(Cl)cc2-c2cc(F)c3c(c2)CCC3NC(=O)C2(N)CC2)no1. The molecule has 160 valence electrons. The van der Waals surface area contributed by atoms with Crippen molar-refractivity contribution in [2.45, 2.75) is 44.2 Å². The monoisotopic (exact) mass is 444 g/mol. The zero-order chi connectivity index (χ0) is 21.9. The van der Waals surface area contributed by atoms with Crippen LogP contribution in [0.3, 0.4) is 0 Å². The second kappa shape index (κ2) is 7.10. The Labute approximate surface area is 181 Å². The highest BCUT2D eigenvalue weighted by Crippen LogP contribution is 2.41. The topological polar surface area (TPSA) is 94.0 Å². The third-order valence-corrected chi connectivity index (χ3v) is 6.15. The second-order valence-electron chi connectivity index (χ2n) is 8.20. The van der Waals surface area contributed by atoms with Crippen LogP contribution in [0.4, 0.5) is 8.78 Å². The van der Waals surface area contributed by atoms with E-state index in [1.807, 2.05) is 0 Å². The minimum atomic E-state index is -0.824. The smallest absolute Gasteiger partial charge is 0.240 e. The number of hydrogen-bond acceptors (Lipinski definition) is 5. The quantitative estimate of drug-likeness (QED) is 0.627. The van der Waals surface area contributed by atoms with Gasteiger partial charge in [0.05, 0.1) is 17.1 Å². The second-order valence-corrected chi connectivity index (χ2v) is 8.64. The van der Waals surface area contributed by atoms with Gasteiger partial charge in [-0.15, -0.1) is 0 Å². The lowest BCUT2D eigenvalue weighted by Gasteiger charge is -2.18. The summed E-state index contributed by atoms with van der Waals surface area (Å²) in [5.41, 5.74) is 7.21. The first kappa shape index (κ1) is 20.1. The van der Waals surface area contributed by atoms with Gasteiger partial charge in [0.25, 0.3) is 0 Å². The molecule has 2 aromatic carbocycles. The van der Waals surface area contributed by atoms with E-state index in [0.29, 0.717) is 42.4 Å². The number of aromatic nitrogens is 2. The number of carbonyl (C=O) groups is 1. The van der Waals surface area contributed by atoms with Crippen molar-refractivity contribution in [3.63, 3.8) is 0 Å². The fraction of sp³-hybridized carbons (Fsp3) is 0.318. The lowest BCUT2D eigenvalue weighted by atomic mass is 9.95. The van der Waals surface area contributed by atoms with Crippen molar-refractivity contribution in [1.82, 2.24) is 15.5 Å². The van der Waals surface area contributed by atoms with E-state index >= 15 is 4.39 Å². The molecule has 0 bridgehead atoms. The van der Waals surface area contributed by atoms with E-state index in [1.54, 1.807) is 19.1 Å². The number of nitrogens with one attached hydrogen (secondary N) is 1. The van der Waals surface area contributed by atoms with E-state index in [4.69, 9.17) is 21.9 Å². The van der Waals surface area contributed by atoms with Crippen LogP contribution in [0.1, 0.15) is 42.3 Å². The van der Waals surface area contributed by atoms with Crippen LogP contribution in [-0.2, 0) is 11.2 Å². The number of carbonyl (C=O) groups excluding carboxylic acids is 1. The van der Waals surface area contributed by atoms with Gasteiger partial charge in [-0.3, -0.25) is 4.79 Å². The molecule has 0 saturated heterocycles. The number of aryl methyl sites for hydroxylation is 2. The third kappa shape index (κ3) is 3.49. The summed E-state index contributed by atoms with van der Waals surface area (Å²) in [5.74, 6) is -1.02. The molecule has 31 heavy (non-hydrogen) atoms. The number of rotatable bonds is 4. The van der Waals surface area contributed by atoms with E-state index in [-0.39, 0.29) is 28.2 Å². The molecule has 1 fully saturated rings. The minimum absolute atomic E-state index is 0.0605. The van der Waals surface area contributed by atoms with Gasteiger partial charge in [-0.2, -0.15) is 4.98 Å². The number of hydrogen-bond donors (Lipinski definition) is 2. The summed E-state index contributed by atoms with van der Waals surface area (Å²) in [6.45, 7) is 1.60. The molecule has 1 unspecified atom stereocenters. The van der Waals surface area contributed by atoms with Crippen LogP contribution in [0.5, 0.6) is 0 Å². The molecular formula is C22H19ClF2N4O2. The minimum Gasteiger partial charge on any atom is -0.348 e. The van der Waals surface area contributed by atoms with Gasteiger partial charge in [0, 0.05) is 17.5 Å². The van der Waals surface area contributed by atoms with Crippen LogP contribution in [-0.4, -0.2) is 21.6 Å². The summed E-state index contributed by atoms with van der Waals surface area (Å²) in [6, 6.07) is 5.38. The first-order chi connectivity index (χ1) is 14.7. The highest BCUT2D eigenvalue weighted by Gasteiger charge is 2.47. The number of nitrogens with two attached hydrogens (primary N) is 1. The summed E-state index contributed by atoms with van der Waals surface area (Å²) < 4.78 is 35.1. The molecule has 1 heterocycles. The first-order valence-corrected chi connectivity index (χ1v) is 10.4. The molecule has 9 heteroatoms. The van der Waals surface area contributed by atoms with Crippen LogP contribution >= 0.6 is 11.6 Å². The maximum Gasteiger partial charge on any atom is 0.240 e. The number of amides is 1. The molecule has 3 aromatic rings. The van der Waals surface area contributed by atoms with E-state index in [1.165, 1.54) is 6.07 Å². The maximum atomic E-state index is 15.2. The number of halogens is 3. The molecule has 0 aliphatic heterocycles. The standard InChI is InChI=1S/C22H19ClF2N4O2/c1-10-27-20(29-31-10)19-14(8-13(23)9-16(19)25)12-6-11-2-3-17(18(11)15(24)7-12)28-21(30)22(26)4-5-22/h6-9,17H,2-5,26H2,1H3,(H,28,30). The lowest BCUT2D eigenvalue weighted by molar-refractivity contribution is -0.124. The molecule has 2 aliphatic rings. The maximum absolute atomic E-state index is 15.2. The molecule has 3 N–H and O–H groups in total. The zero-order valence-corrected chi connectivity index (χ0v) is 17.4. The van der Waals surface area contributed by atoms with Gasteiger partial charge in [0.15, 0.2) is 0 Å². The summed E-state index contributed by atoms with van der Waals surface area (Å²) in [4.78, 5) is 16.4. The van der Waals surface area contributed by atoms with Crippen LogP contribution in [0.15, 0.2) is 28.8 Å². The fourth-order valence-corrected chi connectivity index (χ4v) is 4.31.